The monoisotopic (exact) mass is 213 g/mol. The molecule has 4 heavy (non-hydrogen) atoms. The molecule has 0 saturated carbocycles. The molecule has 0 saturated heterocycles. The first kappa shape index (κ1) is 27.2. The van der Waals surface area contributed by atoms with Crippen LogP contribution in [0.5, 0.6) is 0 Å². The van der Waals surface area contributed by atoms with Crippen molar-refractivity contribution in [2.24, 2.45) is 0 Å². The third-order valence-corrected chi connectivity index (χ3v) is 0. The van der Waals surface area contributed by atoms with E-state index in [-0.39, 0.29) is 102 Å². The Kier molecular flexibility index (Phi) is 112. The second-order valence-corrected chi connectivity index (χ2v) is 0. The Morgan fingerprint density at radius 1 is 1.00 bits per heavy atom. The van der Waals surface area contributed by atoms with E-state index in [0.717, 1.165) is 0 Å². The van der Waals surface area contributed by atoms with Crippen LogP contribution in [0.15, 0.2) is 0 Å². The van der Waals surface area contributed by atoms with E-state index in [1.165, 1.54) is 0 Å². The van der Waals surface area contributed by atoms with Crippen LogP contribution in [0.4, 0.5) is 0 Å². The van der Waals surface area contributed by atoms with Gasteiger partial charge in [-0.1, -0.05) is 0 Å². The first-order valence-electron chi connectivity index (χ1n) is 0. The molecule has 0 aromatic rings. The first-order valence-corrected chi connectivity index (χ1v) is 0. The van der Waals surface area contributed by atoms with Gasteiger partial charge in [-0.25, -0.2) is 0 Å². The summed E-state index contributed by atoms with van der Waals surface area (Å²) < 4.78 is 0. The summed E-state index contributed by atoms with van der Waals surface area (Å²) in [5, 5.41) is 0. The maximum atomic E-state index is 0. The van der Waals surface area contributed by atoms with Gasteiger partial charge in [0.2, 0.25) is 0 Å². The summed E-state index contributed by atoms with van der Waals surface area (Å²) in [6.07, 6.45) is 0. The zero-order valence-electron chi connectivity index (χ0n) is 1.00. The Hall–Kier alpha value is 3.16. The Balaban J connectivity index is 0. The third kappa shape index (κ3) is 8.94. The van der Waals surface area contributed by atoms with E-state index in [2.05, 4.69) is 0 Å². The van der Waals surface area contributed by atoms with Crippen molar-refractivity contribution in [2.75, 3.05) is 0 Å². The molecule has 0 aromatic heterocycles. The summed E-state index contributed by atoms with van der Waals surface area (Å²) in [4.78, 5) is 0. The summed E-state index contributed by atoms with van der Waals surface area (Å²) in [6, 6.07) is 0. The number of hydrogen-bond donors (Lipinski definition) is 0. The Labute approximate surface area is 99.3 Å². The molecule has 0 amide bonds. The summed E-state index contributed by atoms with van der Waals surface area (Å²) >= 11 is 0. The van der Waals surface area contributed by atoms with Gasteiger partial charge < -0.3 is 0 Å². The molecule has 0 spiro atoms. The van der Waals surface area contributed by atoms with Gasteiger partial charge in [0.25, 0.3) is 0 Å². The van der Waals surface area contributed by atoms with Crippen LogP contribution in [-0.2, 0) is 50.3 Å². The van der Waals surface area contributed by atoms with Gasteiger partial charge >= 0.3 is 51.4 Å². The van der Waals surface area contributed by atoms with Crippen LogP contribution in [0.2, 0.25) is 0 Å². The van der Waals surface area contributed by atoms with E-state index >= 15 is 0 Å². The molecule has 4 heteroatoms. The fourth-order valence-corrected chi connectivity index (χ4v) is 0. The van der Waals surface area contributed by atoms with Crippen LogP contribution in [0, 0.1) is 0 Å². The quantitative estimate of drug-likeness (QED) is 0.469. The molecule has 0 atom stereocenters. The van der Waals surface area contributed by atoms with Crippen LogP contribution in [-0.4, -0.2) is 51.4 Å². The van der Waals surface area contributed by atoms with Crippen molar-refractivity contribution in [3.63, 3.8) is 0 Å². The normalized spacial score (nSPS) is 0. The van der Waals surface area contributed by atoms with Gasteiger partial charge in [0.15, 0.2) is 0 Å². The van der Waals surface area contributed by atoms with Crippen molar-refractivity contribution in [3.05, 3.63) is 0 Å². The van der Waals surface area contributed by atoms with Gasteiger partial charge in [-0.3, -0.25) is 0 Å². The van der Waals surface area contributed by atoms with Crippen molar-refractivity contribution in [3.8, 4) is 0 Å². The molecule has 0 fully saturated rings. The second-order valence-electron chi connectivity index (χ2n) is 0. The third-order valence-electron chi connectivity index (χ3n) is 0. The van der Waals surface area contributed by atoms with Crippen LogP contribution in [0.25, 0.3) is 0 Å². The summed E-state index contributed by atoms with van der Waals surface area (Å²) in [7, 11) is 0. The minimum absolute atomic E-state index is 0. The van der Waals surface area contributed by atoms with Crippen LogP contribution >= 0.6 is 0 Å². The van der Waals surface area contributed by atoms with Crippen molar-refractivity contribution >= 4 is 51.4 Å². The SMILES string of the molecule is [Co].[Fe].[KH].[Ni]. The Bertz CT molecular complexity index is 8.00. The summed E-state index contributed by atoms with van der Waals surface area (Å²) in [6.45, 7) is 0. The molecule has 0 aliphatic heterocycles. The minimum Gasteiger partial charge on any atom is 0 e. The van der Waals surface area contributed by atoms with Crippen LogP contribution in [0.1, 0.15) is 0 Å². The molecule has 0 unspecified atom stereocenters. The molecule has 29 valence electrons. The van der Waals surface area contributed by atoms with Gasteiger partial charge in [-0.05, 0) is 0 Å². The van der Waals surface area contributed by atoms with Crippen molar-refractivity contribution in [1.82, 2.24) is 0 Å². The van der Waals surface area contributed by atoms with Crippen molar-refractivity contribution in [2.45, 2.75) is 0 Å². The largest absolute Gasteiger partial charge is 0 e. The average molecular weight is 214 g/mol. The molecule has 0 N–H and O–H groups in total. The van der Waals surface area contributed by atoms with Crippen molar-refractivity contribution in [1.29, 1.82) is 0 Å². The fraction of sp³-hybridized carbons (Fsp3) is 0. The maximum absolute atomic E-state index is 0. The maximum Gasteiger partial charge on any atom is 0 e. The van der Waals surface area contributed by atoms with E-state index in [4.69, 9.17) is 0 Å². The Morgan fingerprint density at radius 3 is 1.00 bits per heavy atom. The predicted octanol–water partition coefficient (Wildman–Crippen LogP) is -0.656. The van der Waals surface area contributed by atoms with E-state index in [9.17, 15) is 0 Å². The molecule has 0 nitrogen and oxygen atoms in total. The van der Waals surface area contributed by atoms with E-state index in [1.54, 1.807) is 0 Å². The van der Waals surface area contributed by atoms with Gasteiger partial charge in [-0.2, -0.15) is 0 Å². The molecule has 0 aromatic carbocycles. The molecule has 0 aliphatic rings. The Morgan fingerprint density at radius 2 is 1.00 bits per heavy atom. The van der Waals surface area contributed by atoms with Gasteiger partial charge in [-0.15, -0.1) is 0 Å². The molecule has 1 radical (unpaired) electrons. The smallest absolute Gasteiger partial charge is 0 e. The molecular weight excluding hydrogens is 213 g/mol. The first-order chi connectivity index (χ1) is 0. The molecule has 0 rings (SSSR count). The van der Waals surface area contributed by atoms with Crippen LogP contribution in [0.3, 0.4) is 0 Å². The standard InChI is InChI=1S/Co.Fe.K.Ni.H. The fourth-order valence-electron chi connectivity index (χ4n) is 0. The molecule has 0 aliphatic carbocycles. The number of rotatable bonds is 0. The summed E-state index contributed by atoms with van der Waals surface area (Å²) in [5.74, 6) is 0. The van der Waals surface area contributed by atoms with Gasteiger partial charge in [0, 0.05) is 50.3 Å². The van der Waals surface area contributed by atoms with Gasteiger partial charge in [0.1, 0.15) is 0 Å². The van der Waals surface area contributed by atoms with Gasteiger partial charge in [0.05, 0.1) is 0 Å². The molecule has 0 bridgehead atoms. The second kappa shape index (κ2) is 16.4. The topological polar surface area (TPSA) is 0 Å². The number of hydrogen-bond acceptors (Lipinski definition) is 0. The predicted molar refractivity (Wildman–Crippen MR) is 7.15 cm³/mol. The molecular formula is HCoFeKNi. The van der Waals surface area contributed by atoms with E-state index in [0.29, 0.717) is 0 Å². The van der Waals surface area contributed by atoms with E-state index in [1.807, 2.05) is 0 Å². The average Bonchev–Trinajstić information content (AvgIpc) is 0. The minimum atomic E-state index is 0. The van der Waals surface area contributed by atoms with E-state index < -0.39 is 0 Å². The molecule has 0 heterocycles. The zero-order chi connectivity index (χ0) is 0. The van der Waals surface area contributed by atoms with Crippen LogP contribution < -0.4 is 0 Å². The van der Waals surface area contributed by atoms with Crippen molar-refractivity contribution < 1.29 is 50.3 Å². The zero-order valence-corrected chi connectivity index (χ0v) is 4.14. The summed E-state index contributed by atoms with van der Waals surface area (Å²) in [5.41, 5.74) is 0.